The Bertz CT molecular complexity index is 428. The zero-order valence-corrected chi connectivity index (χ0v) is 14.0. The summed E-state index contributed by atoms with van der Waals surface area (Å²) in [6, 6.07) is 1.73. The number of carbonyl (C=O) groups is 1. The molecule has 0 aliphatic heterocycles. The van der Waals surface area contributed by atoms with E-state index in [0.717, 1.165) is 31.4 Å². The number of unbranched alkanes of at least 4 members (excludes halogenated alkanes) is 2. The molecule has 1 amide bonds. The van der Waals surface area contributed by atoms with Crippen molar-refractivity contribution >= 4 is 5.91 Å². The molecule has 0 saturated carbocycles. The van der Waals surface area contributed by atoms with E-state index in [1.807, 2.05) is 6.92 Å². The van der Waals surface area contributed by atoms with Crippen molar-refractivity contribution in [3.05, 3.63) is 17.5 Å². The minimum absolute atomic E-state index is 0.128. The topological polar surface area (TPSA) is 55.1 Å². The minimum atomic E-state index is -0.128. The van der Waals surface area contributed by atoms with Crippen LogP contribution in [0.2, 0.25) is 0 Å². The molecule has 0 fully saturated rings. The van der Waals surface area contributed by atoms with Gasteiger partial charge in [-0.15, -0.1) is 0 Å². The van der Waals surface area contributed by atoms with Crippen LogP contribution in [0, 0.1) is 5.41 Å². The van der Waals surface area contributed by atoms with Crippen LogP contribution in [0.5, 0.6) is 0 Å². The van der Waals surface area contributed by atoms with Gasteiger partial charge in [-0.2, -0.15) is 0 Å². The van der Waals surface area contributed by atoms with Crippen molar-refractivity contribution in [1.82, 2.24) is 10.5 Å². The Labute approximate surface area is 128 Å². The van der Waals surface area contributed by atoms with Crippen molar-refractivity contribution in [2.24, 2.45) is 5.41 Å². The molecule has 0 radical (unpaired) electrons. The number of amides is 1. The van der Waals surface area contributed by atoms with Crippen molar-refractivity contribution in [2.75, 3.05) is 6.54 Å². The van der Waals surface area contributed by atoms with E-state index in [-0.39, 0.29) is 11.3 Å². The van der Waals surface area contributed by atoms with E-state index in [9.17, 15) is 4.79 Å². The van der Waals surface area contributed by atoms with Gasteiger partial charge < -0.3 is 9.84 Å². The molecule has 0 bridgehead atoms. The summed E-state index contributed by atoms with van der Waals surface area (Å²) < 4.78 is 5.08. The summed E-state index contributed by atoms with van der Waals surface area (Å²) >= 11 is 0. The first-order valence-corrected chi connectivity index (χ1v) is 8.28. The standard InChI is InChI=1S/C17H30N2O2/c1-5-8-9-11-17(4,10-6-2)13-18-16(20)15-12-14(7-3)21-19-15/h12H,5-11,13H2,1-4H3,(H,18,20). The first kappa shape index (κ1) is 17.7. The lowest BCUT2D eigenvalue weighted by Crippen LogP contribution is -2.36. The lowest BCUT2D eigenvalue weighted by atomic mass is 9.80. The molecule has 1 rings (SSSR count). The molecule has 0 aliphatic rings. The van der Waals surface area contributed by atoms with Gasteiger partial charge in [0, 0.05) is 19.0 Å². The zero-order chi connectivity index (χ0) is 15.7. The van der Waals surface area contributed by atoms with Gasteiger partial charge in [0.15, 0.2) is 5.69 Å². The van der Waals surface area contributed by atoms with Crippen LogP contribution < -0.4 is 5.32 Å². The maximum absolute atomic E-state index is 12.1. The van der Waals surface area contributed by atoms with Gasteiger partial charge in [0.1, 0.15) is 5.76 Å². The molecular formula is C17H30N2O2. The number of hydrogen-bond acceptors (Lipinski definition) is 3. The fourth-order valence-corrected chi connectivity index (χ4v) is 2.68. The molecule has 0 aromatic carbocycles. The molecular weight excluding hydrogens is 264 g/mol. The van der Waals surface area contributed by atoms with Crippen LogP contribution in [-0.2, 0) is 6.42 Å². The van der Waals surface area contributed by atoms with Gasteiger partial charge in [-0.1, -0.05) is 58.5 Å². The summed E-state index contributed by atoms with van der Waals surface area (Å²) in [7, 11) is 0. The highest BCUT2D eigenvalue weighted by molar-refractivity contribution is 5.92. The Morgan fingerprint density at radius 2 is 2.00 bits per heavy atom. The summed E-state index contributed by atoms with van der Waals surface area (Å²) in [4.78, 5) is 12.1. The third-order valence-corrected chi connectivity index (χ3v) is 4.05. The first-order valence-electron chi connectivity index (χ1n) is 8.28. The fraction of sp³-hybridized carbons (Fsp3) is 0.765. The van der Waals surface area contributed by atoms with E-state index in [2.05, 4.69) is 31.2 Å². The Morgan fingerprint density at radius 3 is 2.57 bits per heavy atom. The summed E-state index contributed by atoms with van der Waals surface area (Å²) in [5.41, 5.74) is 0.566. The summed E-state index contributed by atoms with van der Waals surface area (Å²) in [6.07, 6.45) is 7.91. The second-order valence-corrected chi connectivity index (χ2v) is 6.23. The van der Waals surface area contributed by atoms with Gasteiger partial charge in [-0.25, -0.2) is 0 Å². The number of hydrogen-bond donors (Lipinski definition) is 1. The van der Waals surface area contributed by atoms with Crippen molar-refractivity contribution in [3.63, 3.8) is 0 Å². The summed E-state index contributed by atoms with van der Waals surface area (Å²) in [6.45, 7) is 9.37. The molecule has 1 unspecified atom stereocenters. The molecule has 21 heavy (non-hydrogen) atoms. The van der Waals surface area contributed by atoms with Crippen molar-refractivity contribution in [1.29, 1.82) is 0 Å². The predicted octanol–water partition coefficient (Wildman–Crippen LogP) is 4.35. The molecule has 1 N–H and O–H groups in total. The SMILES string of the molecule is CCCCCC(C)(CCC)CNC(=O)c1cc(CC)on1. The summed E-state index contributed by atoms with van der Waals surface area (Å²) in [5.74, 6) is 0.621. The first-order chi connectivity index (χ1) is 10.0. The maximum atomic E-state index is 12.1. The molecule has 4 nitrogen and oxygen atoms in total. The third kappa shape index (κ3) is 5.90. The maximum Gasteiger partial charge on any atom is 0.273 e. The van der Waals surface area contributed by atoms with Crippen molar-refractivity contribution < 1.29 is 9.32 Å². The van der Waals surface area contributed by atoms with Crippen LogP contribution in [0.3, 0.4) is 0 Å². The minimum Gasteiger partial charge on any atom is -0.361 e. The molecule has 0 spiro atoms. The molecule has 1 aromatic heterocycles. The Kier molecular flexibility index (Phi) is 7.48. The number of aryl methyl sites for hydroxylation is 1. The lowest BCUT2D eigenvalue weighted by Gasteiger charge is -2.29. The number of nitrogens with zero attached hydrogens (tertiary/aromatic N) is 1. The highest BCUT2D eigenvalue weighted by Gasteiger charge is 2.24. The molecule has 120 valence electrons. The second-order valence-electron chi connectivity index (χ2n) is 6.23. The molecule has 0 saturated heterocycles. The quantitative estimate of drug-likeness (QED) is 0.652. The normalized spacial score (nSPS) is 13.9. The smallest absolute Gasteiger partial charge is 0.273 e. The van der Waals surface area contributed by atoms with E-state index < -0.39 is 0 Å². The number of aromatic nitrogens is 1. The van der Waals surface area contributed by atoms with E-state index in [0.29, 0.717) is 12.2 Å². The molecule has 4 heteroatoms. The lowest BCUT2D eigenvalue weighted by molar-refractivity contribution is 0.0917. The van der Waals surface area contributed by atoms with Crippen LogP contribution in [0.25, 0.3) is 0 Å². The molecule has 1 atom stereocenters. The van der Waals surface area contributed by atoms with E-state index in [1.54, 1.807) is 6.07 Å². The van der Waals surface area contributed by atoms with E-state index >= 15 is 0 Å². The average molecular weight is 294 g/mol. The van der Waals surface area contributed by atoms with Gasteiger partial charge in [0.2, 0.25) is 0 Å². The van der Waals surface area contributed by atoms with E-state index in [4.69, 9.17) is 4.52 Å². The van der Waals surface area contributed by atoms with Gasteiger partial charge in [-0.05, 0) is 18.3 Å². The zero-order valence-electron chi connectivity index (χ0n) is 14.0. The predicted molar refractivity (Wildman–Crippen MR) is 85.4 cm³/mol. The Morgan fingerprint density at radius 1 is 1.24 bits per heavy atom. The second kappa shape index (κ2) is 8.85. The molecule has 1 heterocycles. The van der Waals surface area contributed by atoms with Gasteiger partial charge in [0.05, 0.1) is 0 Å². The average Bonchev–Trinajstić information content (AvgIpc) is 2.94. The van der Waals surface area contributed by atoms with Gasteiger partial charge in [0.25, 0.3) is 5.91 Å². The van der Waals surface area contributed by atoms with Crippen LogP contribution in [0.4, 0.5) is 0 Å². The van der Waals surface area contributed by atoms with Gasteiger partial charge >= 0.3 is 0 Å². The number of rotatable bonds is 10. The summed E-state index contributed by atoms with van der Waals surface area (Å²) in [5, 5.41) is 6.85. The van der Waals surface area contributed by atoms with Gasteiger partial charge in [-0.3, -0.25) is 4.79 Å². The Hall–Kier alpha value is -1.32. The van der Waals surface area contributed by atoms with E-state index in [1.165, 1.54) is 19.3 Å². The van der Waals surface area contributed by atoms with Crippen LogP contribution in [0.15, 0.2) is 10.6 Å². The van der Waals surface area contributed by atoms with Crippen LogP contribution in [0.1, 0.15) is 82.5 Å². The van der Waals surface area contributed by atoms with Crippen LogP contribution >= 0.6 is 0 Å². The fourth-order valence-electron chi connectivity index (χ4n) is 2.68. The monoisotopic (exact) mass is 294 g/mol. The molecule has 0 aliphatic carbocycles. The molecule has 1 aromatic rings. The highest BCUT2D eigenvalue weighted by atomic mass is 16.5. The van der Waals surface area contributed by atoms with Crippen molar-refractivity contribution in [2.45, 2.75) is 72.6 Å². The third-order valence-electron chi connectivity index (χ3n) is 4.05. The number of carbonyl (C=O) groups excluding carboxylic acids is 1. The Balaban J connectivity index is 2.53. The van der Waals surface area contributed by atoms with Crippen molar-refractivity contribution in [3.8, 4) is 0 Å². The highest BCUT2D eigenvalue weighted by Crippen LogP contribution is 2.29. The largest absolute Gasteiger partial charge is 0.361 e. The van der Waals surface area contributed by atoms with Crippen LogP contribution in [-0.4, -0.2) is 17.6 Å². The number of nitrogens with one attached hydrogen (secondary N) is 1.